The molecule has 0 radical (unpaired) electrons. The van der Waals surface area contributed by atoms with E-state index in [2.05, 4.69) is 13.8 Å². The average molecular weight is 207 g/mol. The van der Waals surface area contributed by atoms with Crippen molar-refractivity contribution in [3.63, 3.8) is 0 Å². The molecule has 0 aromatic carbocycles. The molecule has 0 spiro atoms. The summed E-state index contributed by atoms with van der Waals surface area (Å²) in [5.41, 5.74) is 0. The van der Waals surface area contributed by atoms with Crippen LogP contribution in [-0.4, -0.2) is 22.2 Å². The van der Waals surface area contributed by atoms with Gasteiger partial charge in [0.05, 0.1) is 5.88 Å². The molecule has 0 saturated carbocycles. The number of carbonyl (C=O) groups excluding carboxylic acids is 1. The summed E-state index contributed by atoms with van der Waals surface area (Å²) in [4.78, 5) is 11.3. The Bertz CT molecular complexity index is 179. The van der Waals surface area contributed by atoms with Crippen LogP contribution in [0, 0.1) is 5.92 Å². The Kier molecular flexibility index (Phi) is 3.47. The van der Waals surface area contributed by atoms with Gasteiger partial charge in [0.1, 0.15) is 0 Å². The summed E-state index contributed by atoms with van der Waals surface area (Å²) < 4.78 is 0.268. The summed E-state index contributed by atoms with van der Waals surface area (Å²) in [6, 6.07) is 0. The minimum Gasteiger partial charge on any atom is -0.298 e. The Morgan fingerprint density at radius 3 is 2.83 bits per heavy atom. The minimum atomic E-state index is 0.186. The van der Waals surface area contributed by atoms with Gasteiger partial charge >= 0.3 is 0 Å². The maximum absolute atomic E-state index is 11.3. The molecular formula is C9H15ClOS. The number of ketones is 1. The summed E-state index contributed by atoms with van der Waals surface area (Å²) in [7, 11) is 0. The van der Waals surface area contributed by atoms with Crippen LogP contribution in [0.1, 0.15) is 26.7 Å². The zero-order chi connectivity index (χ0) is 9.19. The third-order valence-corrected chi connectivity index (χ3v) is 3.94. The number of Topliss-reactive ketones (excluding diaryl/α,β-unsaturated/α-hetero) is 1. The molecule has 1 fully saturated rings. The summed E-state index contributed by atoms with van der Waals surface area (Å²) >= 11 is 7.48. The molecule has 1 aliphatic heterocycles. The van der Waals surface area contributed by atoms with Gasteiger partial charge in [-0.1, -0.05) is 13.8 Å². The number of halogens is 1. The van der Waals surface area contributed by atoms with Gasteiger partial charge in [-0.15, -0.1) is 11.6 Å². The summed E-state index contributed by atoms with van der Waals surface area (Å²) in [6.45, 7) is 4.40. The third-order valence-electron chi connectivity index (χ3n) is 2.28. The lowest BCUT2D eigenvalue weighted by Gasteiger charge is -2.33. The third kappa shape index (κ3) is 2.67. The molecule has 0 aromatic rings. The van der Waals surface area contributed by atoms with Crippen molar-refractivity contribution in [2.45, 2.75) is 31.4 Å². The Morgan fingerprint density at radius 1 is 1.67 bits per heavy atom. The fraction of sp³-hybridized carbons (Fsp3) is 0.889. The topological polar surface area (TPSA) is 17.1 Å². The van der Waals surface area contributed by atoms with Gasteiger partial charge in [-0.25, -0.2) is 0 Å². The summed E-state index contributed by atoms with van der Waals surface area (Å²) in [5, 5.41) is 0. The lowest BCUT2D eigenvalue weighted by Crippen LogP contribution is -2.31. The SMILES string of the molecule is CC1(C)CC(C(=O)CCl)CCS1. The lowest BCUT2D eigenvalue weighted by atomic mass is 9.90. The van der Waals surface area contributed by atoms with Crippen LogP contribution < -0.4 is 0 Å². The van der Waals surface area contributed by atoms with Gasteiger partial charge in [0, 0.05) is 10.7 Å². The Hall–Kier alpha value is 0.310. The molecule has 12 heavy (non-hydrogen) atoms. The van der Waals surface area contributed by atoms with Crippen molar-refractivity contribution in [3.05, 3.63) is 0 Å². The standard InChI is InChI=1S/C9H15ClOS/c1-9(2)5-7(3-4-12-9)8(11)6-10/h7H,3-6H2,1-2H3. The van der Waals surface area contributed by atoms with Crippen LogP contribution in [0.25, 0.3) is 0 Å². The molecule has 0 bridgehead atoms. The molecule has 1 atom stereocenters. The molecule has 0 aliphatic carbocycles. The number of hydrogen-bond donors (Lipinski definition) is 0. The molecule has 1 nitrogen and oxygen atoms in total. The molecule has 1 saturated heterocycles. The van der Waals surface area contributed by atoms with E-state index in [4.69, 9.17) is 11.6 Å². The van der Waals surface area contributed by atoms with Crippen molar-refractivity contribution < 1.29 is 4.79 Å². The number of rotatable bonds is 2. The van der Waals surface area contributed by atoms with E-state index in [0.29, 0.717) is 0 Å². The van der Waals surface area contributed by atoms with Gasteiger partial charge < -0.3 is 0 Å². The van der Waals surface area contributed by atoms with Crippen LogP contribution in [0.5, 0.6) is 0 Å². The van der Waals surface area contributed by atoms with E-state index in [1.807, 2.05) is 11.8 Å². The van der Waals surface area contributed by atoms with Gasteiger partial charge in [0.25, 0.3) is 0 Å². The van der Waals surface area contributed by atoms with Crippen molar-refractivity contribution in [3.8, 4) is 0 Å². The van der Waals surface area contributed by atoms with Gasteiger partial charge in [-0.3, -0.25) is 4.79 Å². The van der Waals surface area contributed by atoms with E-state index in [9.17, 15) is 4.79 Å². The molecule has 1 heterocycles. The number of carbonyl (C=O) groups is 1. The second-order valence-corrected chi connectivity index (χ2v) is 5.97. The minimum absolute atomic E-state index is 0.186. The predicted octanol–water partition coefficient (Wildman–Crippen LogP) is 2.72. The Balaban J connectivity index is 2.52. The van der Waals surface area contributed by atoms with Crippen LogP contribution in [0.15, 0.2) is 0 Å². The van der Waals surface area contributed by atoms with E-state index >= 15 is 0 Å². The summed E-state index contributed by atoms with van der Waals surface area (Å²) in [5.74, 6) is 1.73. The Morgan fingerprint density at radius 2 is 2.33 bits per heavy atom. The van der Waals surface area contributed by atoms with Crippen LogP contribution in [-0.2, 0) is 4.79 Å². The molecular weight excluding hydrogens is 192 g/mol. The fourth-order valence-electron chi connectivity index (χ4n) is 1.62. The summed E-state index contributed by atoms with van der Waals surface area (Å²) in [6.07, 6.45) is 2.00. The molecule has 0 aromatic heterocycles. The molecule has 3 heteroatoms. The van der Waals surface area contributed by atoms with Crippen LogP contribution in [0.3, 0.4) is 0 Å². The van der Waals surface area contributed by atoms with Crippen molar-refractivity contribution in [1.29, 1.82) is 0 Å². The van der Waals surface area contributed by atoms with Crippen molar-refractivity contribution in [1.82, 2.24) is 0 Å². The van der Waals surface area contributed by atoms with Crippen LogP contribution in [0.4, 0.5) is 0 Å². The van der Waals surface area contributed by atoms with E-state index in [-0.39, 0.29) is 22.3 Å². The normalized spacial score (nSPS) is 28.4. The predicted molar refractivity (Wildman–Crippen MR) is 55.0 cm³/mol. The van der Waals surface area contributed by atoms with E-state index in [1.54, 1.807) is 0 Å². The molecule has 1 unspecified atom stereocenters. The number of alkyl halides is 1. The van der Waals surface area contributed by atoms with E-state index in [0.717, 1.165) is 18.6 Å². The average Bonchev–Trinajstić information content (AvgIpc) is 2.01. The largest absolute Gasteiger partial charge is 0.298 e. The van der Waals surface area contributed by atoms with Crippen LogP contribution >= 0.6 is 23.4 Å². The highest BCUT2D eigenvalue weighted by atomic mass is 35.5. The van der Waals surface area contributed by atoms with Crippen molar-refractivity contribution in [2.24, 2.45) is 5.92 Å². The van der Waals surface area contributed by atoms with E-state index < -0.39 is 0 Å². The van der Waals surface area contributed by atoms with Gasteiger partial charge in [-0.05, 0) is 18.6 Å². The van der Waals surface area contributed by atoms with Crippen molar-refractivity contribution >= 4 is 29.1 Å². The molecule has 0 N–H and O–H groups in total. The first kappa shape index (κ1) is 10.4. The van der Waals surface area contributed by atoms with Crippen molar-refractivity contribution in [2.75, 3.05) is 11.6 Å². The first-order chi connectivity index (χ1) is 5.55. The van der Waals surface area contributed by atoms with Gasteiger partial charge in [0.15, 0.2) is 5.78 Å². The monoisotopic (exact) mass is 206 g/mol. The Labute approximate surface area is 83.2 Å². The highest BCUT2D eigenvalue weighted by Gasteiger charge is 2.31. The van der Waals surface area contributed by atoms with Gasteiger partial charge in [0.2, 0.25) is 0 Å². The first-order valence-corrected chi connectivity index (χ1v) is 5.80. The molecule has 70 valence electrons. The number of hydrogen-bond acceptors (Lipinski definition) is 2. The second-order valence-electron chi connectivity index (χ2n) is 3.90. The quantitative estimate of drug-likeness (QED) is 0.647. The van der Waals surface area contributed by atoms with E-state index in [1.165, 1.54) is 0 Å². The maximum atomic E-state index is 11.3. The van der Waals surface area contributed by atoms with Gasteiger partial charge in [-0.2, -0.15) is 11.8 Å². The lowest BCUT2D eigenvalue weighted by molar-refractivity contribution is -0.120. The number of thioether (sulfide) groups is 1. The smallest absolute Gasteiger partial charge is 0.150 e. The molecule has 1 aliphatic rings. The highest BCUT2D eigenvalue weighted by molar-refractivity contribution is 8.00. The zero-order valence-electron chi connectivity index (χ0n) is 7.60. The van der Waals surface area contributed by atoms with Crippen LogP contribution in [0.2, 0.25) is 0 Å². The molecule has 1 rings (SSSR count). The zero-order valence-corrected chi connectivity index (χ0v) is 9.17. The second kappa shape index (κ2) is 4.01. The fourth-order valence-corrected chi connectivity index (χ4v) is 3.11. The highest BCUT2D eigenvalue weighted by Crippen LogP contribution is 2.38. The first-order valence-electron chi connectivity index (χ1n) is 4.28. The maximum Gasteiger partial charge on any atom is 0.150 e. The molecule has 0 amide bonds.